The Labute approximate surface area is 118 Å². The Morgan fingerprint density at radius 2 is 1.85 bits per heavy atom. The fourth-order valence-electron chi connectivity index (χ4n) is 2.54. The van der Waals surface area contributed by atoms with Crippen molar-refractivity contribution >= 4 is 39.1 Å². The first-order valence-corrected chi connectivity index (χ1v) is 6.42. The summed E-state index contributed by atoms with van der Waals surface area (Å²) in [6, 6.07) is 15.4. The van der Waals surface area contributed by atoms with Crippen LogP contribution in [0.25, 0.3) is 27.5 Å². The van der Waals surface area contributed by atoms with Gasteiger partial charge in [0.05, 0.1) is 5.52 Å². The molecule has 2 aromatic carbocycles. The molecule has 4 nitrogen and oxygen atoms in total. The first-order valence-electron chi connectivity index (χ1n) is 6.05. The van der Waals surface area contributed by atoms with Gasteiger partial charge in [0.2, 0.25) is 0 Å². The van der Waals surface area contributed by atoms with Crippen molar-refractivity contribution in [2.75, 3.05) is 0 Å². The van der Waals surface area contributed by atoms with Crippen LogP contribution in [0, 0.1) is 11.3 Å². The highest BCUT2D eigenvalue weighted by Crippen LogP contribution is 2.28. The second-order valence-electron chi connectivity index (χ2n) is 4.50. The average molecular weight is 279 g/mol. The van der Waals surface area contributed by atoms with E-state index in [1.54, 1.807) is 12.1 Å². The van der Waals surface area contributed by atoms with E-state index in [0.29, 0.717) is 21.9 Å². The second-order valence-corrected chi connectivity index (χ2v) is 4.93. The van der Waals surface area contributed by atoms with Gasteiger partial charge in [0.15, 0.2) is 5.65 Å². The smallest absolute Gasteiger partial charge is 0.168 e. The van der Waals surface area contributed by atoms with Crippen LogP contribution in [-0.2, 0) is 0 Å². The summed E-state index contributed by atoms with van der Waals surface area (Å²) in [5, 5.41) is 20.3. The lowest BCUT2D eigenvalue weighted by molar-refractivity contribution is 1.04. The van der Waals surface area contributed by atoms with Crippen LogP contribution in [0.3, 0.4) is 0 Å². The van der Waals surface area contributed by atoms with Crippen molar-refractivity contribution in [3.63, 3.8) is 0 Å². The molecule has 0 fully saturated rings. The Hall–Kier alpha value is -2.64. The van der Waals surface area contributed by atoms with Crippen LogP contribution in [-0.4, -0.2) is 14.6 Å². The predicted molar refractivity (Wildman–Crippen MR) is 77.7 cm³/mol. The minimum absolute atomic E-state index is 0.567. The number of benzene rings is 2. The van der Waals surface area contributed by atoms with E-state index in [9.17, 15) is 5.26 Å². The number of nitrogens with zero attached hydrogens (tertiary/aromatic N) is 4. The van der Waals surface area contributed by atoms with Gasteiger partial charge in [-0.15, -0.1) is 10.2 Å². The van der Waals surface area contributed by atoms with Crippen molar-refractivity contribution in [2.24, 2.45) is 0 Å². The summed E-state index contributed by atoms with van der Waals surface area (Å²) < 4.78 is 1.84. The molecule has 0 atom stereocenters. The van der Waals surface area contributed by atoms with E-state index in [2.05, 4.69) is 16.3 Å². The fraction of sp³-hybridized carbons (Fsp3) is 0. The van der Waals surface area contributed by atoms with Crippen molar-refractivity contribution in [2.45, 2.75) is 0 Å². The van der Waals surface area contributed by atoms with Gasteiger partial charge in [-0.2, -0.15) is 5.26 Å². The summed E-state index contributed by atoms with van der Waals surface area (Å²) in [6.45, 7) is 0. The molecule has 20 heavy (non-hydrogen) atoms. The molecular formula is C15H7ClN4. The molecule has 2 aromatic heterocycles. The van der Waals surface area contributed by atoms with Crippen LogP contribution in [0.1, 0.15) is 5.69 Å². The van der Waals surface area contributed by atoms with Gasteiger partial charge in [0.1, 0.15) is 17.3 Å². The number of hydrogen-bond donors (Lipinski definition) is 0. The zero-order chi connectivity index (χ0) is 13.7. The Balaban J connectivity index is 2.36. The Morgan fingerprint density at radius 1 is 1.05 bits per heavy atom. The average Bonchev–Trinajstić information content (AvgIpc) is 2.81. The second kappa shape index (κ2) is 3.92. The summed E-state index contributed by atoms with van der Waals surface area (Å²) in [6.07, 6.45) is 0. The van der Waals surface area contributed by atoms with Gasteiger partial charge in [-0.3, -0.25) is 4.40 Å². The molecule has 0 unspecified atom stereocenters. The molecule has 5 heteroatoms. The van der Waals surface area contributed by atoms with E-state index < -0.39 is 0 Å². The third-order valence-corrected chi connectivity index (χ3v) is 3.63. The minimum atomic E-state index is 0.567. The highest BCUT2D eigenvalue weighted by molar-refractivity contribution is 6.31. The summed E-state index contributed by atoms with van der Waals surface area (Å²) in [5.41, 5.74) is 2.75. The topological polar surface area (TPSA) is 54.0 Å². The van der Waals surface area contributed by atoms with Crippen LogP contribution in [0.2, 0.25) is 5.02 Å². The molecule has 0 aliphatic rings. The number of halogens is 1. The summed E-state index contributed by atoms with van der Waals surface area (Å²) in [7, 11) is 0. The molecule has 94 valence electrons. The lowest BCUT2D eigenvalue weighted by Crippen LogP contribution is -1.96. The lowest BCUT2D eigenvalue weighted by Gasteiger charge is -2.02. The van der Waals surface area contributed by atoms with Crippen LogP contribution >= 0.6 is 11.6 Å². The standard InChI is InChI=1S/C15H7ClN4/c16-9-5-6-13-12(7-9)18-19-15-11-4-2-1-3-10(11)14(8-17)20(13)15/h1-7H. The molecule has 4 rings (SSSR count). The molecule has 0 aliphatic carbocycles. The van der Waals surface area contributed by atoms with Crippen molar-refractivity contribution < 1.29 is 0 Å². The number of hydrogen-bond acceptors (Lipinski definition) is 3. The van der Waals surface area contributed by atoms with Gasteiger partial charge in [0, 0.05) is 15.8 Å². The van der Waals surface area contributed by atoms with E-state index >= 15 is 0 Å². The van der Waals surface area contributed by atoms with Crippen molar-refractivity contribution in [1.82, 2.24) is 14.6 Å². The predicted octanol–water partition coefficient (Wildman–Crippen LogP) is 3.56. The zero-order valence-electron chi connectivity index (χ0n) is 10.2. The van der Waals surface area contributed by atoms with Gasteiger partial charge < -0.3 is 0 Å². The quantitative estimate of drug-likeness (QED) is 0.494. The minimum Gasteiger partial charge on any atom is -0.281 e. The Kier molecular flexibility index (Phi) is 2.20. The first kappa shape index (κ1) is 11.2. The van der Waals surface area contributed by atoms with Crippen LogP contribution < -0.4 is 0 Å². The highest BCUT2D eigenvalue weighted by atomic mass is 35.5. The third-order valence-electron chi connectivity index (χ3n) is 3.40. The summed E-state index contributed by atoms with van der Waals surface area (Å²) in [5.74, 6) is 0. The van der Waals surface area contributed by atoms with Gasteiger partial charge in [0.25, 0.3) is 0 Å². The fourth-order valence-corrected chi connectivity index (χ4v) is 2.71. The first-order chi connectivity index (χ1) is 9.79. The lowest BCUT2D eigenvalue weighted by atomic mass is 10.2. The maximum absolute atomic E-state index is 9.49. The maximum Gasteiger partial charge on any atom is 0.168 e. The Bertz CT molecular complexity index is 1030. The molecule has 0 N–H and O–H groups in total. The van der Waals surface area contributed by atoms with Gasteiger partial charge in [-0.25, -0.2) is 0 Å². The van der Waals surface area contributed by atoms with Crippen molar-refractivity contribution in [1.29, 1.82) is 5.26 Å². The molecule has 0 bridgehead atoms. The zero-order valence-corrected chi connectivity index (χ0v) is 11.0. The monoisotopic (exact) mass is 278 g/mol. The van der Waals surface area contributed by atoms with Crippen LogP contribution in [0.5, 0.6) is 0 Å². The van der Waals surface area contributed by atoms with Crippen LogP contribution in [0.15, 0.2) is 42.5 Å². The van der Waals surface area contributed by atoms with Crippen molar-refractivity contribution in [3.05, 3.63) is 53.2 Å². The van der Waals surface area contributed by atoms with Gasteiger partial charge in [-0.1, -0.05) is 35.9 Å². The number of aromatic nitrogens is 3. The highest BCUT2D eigenvalue weighted by Gasteiger charge is 2.14. The normalized spacial score (nSPS) is 11.2. The van der Waals surface area contributed by atoms with Gasteiger partial charge in [-0.05, 0) is 18.2 Å². The van der Waals surface area contributed by atoms with E-state index in [0.717, 1.165) is 16.3 Å². The summed E-state index contributed by atoms with van der Waals surface area (Å²) >= 11 is 5.98. The number of rotatable bonds is 0. The molecule has 0 saturated carbocycles. The molecule has 0 spiro atoms. The number of nitriles is 1. The molecule has 0 radical (unpaired) electrons. The molecule has 0 saturated heterocycles. The maximum atomic E-state index is 9.49. The molecular weight excluding hydrogens is 272 g/mol. The third kappa shape index (κ3) is 1.35. The number of fused-ring (bicyclic) bond motifs is 5. The SMILES string of the molecule is N#Cc1c2ccccc2c2nnc3cc(Cl)ccc3n12. The molecule has 2 heterocycles. The van der Waals surface area contributed by atoms with Gasteiger partial charge >= 0.3 is 0 Å². The largest absolute Gasteiger partial charge is 0.281 e. The Morgan fingerprint density at radius 3 is 2.65 bits per heavy atom. The van der Waals surface area contributed by atoms with E-state index in [1.807, 2.05) is 34.7 Å². The van der Waals surface area contributed by atoms with E-state index in [4.69, 9.17) is 11.6 Å². The molecule has 4 aromatic rings. The molecule has 0 amide bonds. The summed E-state index contributed by atoms with van der Waals surface area (Å²) in [4.78, 5) is 0. The van der Waals surface area contributed by atoms with Crippen LogP contribution in [0.4, 0.5) is 0 Å². The van der Waals surface area contributed by atoms with E-state index in [-0.39, 0.29) is 0 Å². The molecule has 0 aliphatic heterocycles. The van der Waals surface area contributed by atoms with E-state index in [1.165, 1.54) is 0 Å². The van der Waals surface area contributed by atoms with Crippen molar-refractivity contribution in [3.8, 4) is 6.07 Å².